The van der Waals surface area contributed by atoms with Crippen LogP contribution < -0.4 is 10.6 Å². The molecule has 0 atom stereocenters. The maximum Gasteiger partial charge on any atom is 0.309 e. The van der Waals surface area contributed by atoms with Crippen LogP contribution in [0.1, 0.15) is 5.69 Å². The zero-order valence-corrected chi connectivity index (χ0v) is 10.9. The first-order chi connectivity index (χ1) is 9.17. The number of methoxy groups -OCH3 is 2. The van der Waals surface area contributed by atoms with Crippen LogP contribution in [0.3, 0.4) is 0 Å². The number of carbonyl (C=O) groups is 2. The number of nitrogens with zero attached hydrogens (tertiary/aromatic N) is 1. The van der Waals surface area contributed by atoms with E-state index < -0.39 is 18.1 Å². The molecule has 0 saturated carbocycles. The van der Waals surface area contributed by atoms with E-state index >= 15 is 0 Å². The fourth-order valence-electron chi connectivity index (χ4n) is 1.27. The number of amides is 2. The molecule has 7 nitrogen and oxygen atoms in total. The van der Waals surface area contributed by atoms with Crippen molar-refractivity contribution >= 4 is 11.8 Å². The molecule has 0 aliphatic heterocycles. The molecule has 7 heteroatoms. The van der Waals surface area contributed by atoms with Crippen LogP contribution in [0.4, 0.5) is 0 Å². The zero-order valence-electron chi connectivity index (χ0n) is 10.9. The summed E-state index contributed by atoms with van der Waals surface area (Å²) in [7, 11) is 2.89. The first-order valence-electron chi connectivity index (χ1n) is 5.69. The van der Waals surface area contributed by atoms with Crippen molar-refractivity contribution in [3.05, 3.63) is 30.1 Å². The molecule has 0 saturated heterocycles. The van der Waals surface area contributed by atoms with Crippen molar-refractivity contribution in [2.45, 2.75) is 12.8 Å². The number of nitrogens with one attached hydrogen (secondary N) is 2. The van der Waals surface area contributed by atoms with Gasteiger partial charge in [-0.25, -0.2) is 0 Å². The minimum Gasteiger partial charge on any atom is -0.354 e. The summed E-state index contributed by atoms with van der Waals surface area (Å²) >= 11 is 0. The Labute approximate surface area is 111 Å². The quantitative estimate of drug-likeness (QED) is 0.532. The molecule has 2 amide bonds. The third-order valence-corrected chi connectivity index (χ3v) is 2.32. The van der Waals surface area contributed by atoms with Gasteiger partial charge in [-0.2, -0.15) is 0 Å². The Kier molecular flexibility index (Phi) is 6.48. The van der Waals surface area contributed by atoms with Gasteiger partial charge in [0.05, 0.1) is 18.8 Å². The number of hydrogen-bond donors (Lipinski definition) is 2. The highest BCUT2D eigenvalue weighted by molar-refractivity contribution is 6.35. The number of aromatic nitrogens is 1. The van der Waals surface area contributed by atoms with Gasteiger partial charge in [0, 0.05) is 20.4 Å². The van der Waals surface area contributed by atoms with E-state index in [1.54, 1.807) is 24.4 Å². The van der Waals surface area contributed by atoms with Crippen LogP contribution in [0.15, 0.2) is 24.4 Å². The topological polar surface area (TPSA) is 89.5 Å². The van der Waals surface area contributed by atoms with E-state index in [2.05, 4.69) is 15.6 Å². The fourth-order valence-corrected chi connectivity index (χ4v) is 1.27. The van der Waals surface area contributed by atoms with Crippen molar-refractivity contribution in [3.63, 3.8) is 0 Å². The highest BCUT2D eigenvalue weighted by atomic mass is 16.7. The van der Waals surface area contributed by atoms with E-state index in [9.17, 15) is 9.59 Å². The molecule has 1 heterocycles. The lowest BCUT2D eigenvalue weighted by molar-refractivity contribution is -0.141. The molecule has 0 aliphatic rings. The smallest absolute Gasteiger partial charge is 0.309 e. The number of hydrogen-bond acceptors (Lipinski definition) is 5. The number of ether oxygens (including phenoxy) is 2. The average Bonchev–Trinajstić information content (AvgIpc) is 2.46. The van der Waals surface area contributed by atoms with Crippen LogP contribution in [-0.4, -0.2) is 43.9 Å². The van der Waals surface area contributed by atoms with Gasteiger partial charge in [0.2, 0.25) is 0 Å². The second kappa shape index (κ2) is 8.17. The molecule has 1 aromatic rings. The normalized spacial score (nSPS) is 10.3. The molecule has 2 N–H and O–H groups in total. The van der Waals surface area contributed by atoms with Crippen LogP contribution in [0.25, 0.3) is 0 Å². The molecule has 0 fully saturated rings. The third kappa shape index (κ3) is 5.45. The van der Waals surface area contributed by atoms with E-state index in [1.165, 1.54) is 14.2 Å². The van der Waals surface area contributed by atoms with E-state index in [4.69, 9.17) is 9.47 Å². The van der Waals surface area contributed by atoms with Crippen molar-refractivity contribution in [1.82, 2.24) is 15.6 Å². The summed E-state index contributed by atoms with van der Waals surface area (Å²) in [5, 5.41) is 4.86. The Morgan fingerprint density at radius 1 is 1.21 bits per heavy atom. The maximum atomic E-state index is 11.5. The van der Waals surface area contributed by atoms with Crippen LogP contribution in [-0.2, 0) is 25.6 Å². The van der Waals surface area contributed by atoms with Crippen molar-refractivity contribution in [2.75, 3.05) is 20.8 Å². The van der Waals surface area contributed by atoms with Crippen molar-refractivity contribution in [2.24, 2.45) is 0 Å². The Morgan fingerprint density at radius 3 is 2.47 bits per heavy atom. The second-order valence-electron chi connectivity index (χ2n) is 3.61. The van der Waals surface area contributed by atoms with E-state index in [0.29, 0.717) is 5.69 Å². The lowest BCUT2D eigenvalue weighted by Gasteiger charge is -2.13. The van der Waals surface area contributed by atoms with Crippen LogP contribution in [0, 0.1) is 0 Å². The SMILES string of the molecule is COC(CNC(=O)C(=O)NCc1ccccn1)OC. The summed E-state index contributed by atoms with van der Waals surface area (Å²) in [6.07, 6.45) is 1.04. The van der Waals surface area contributed by atoms with Gasteiger partial charge in [0.1, 0.15) is 0 Å². The molecule has 0 unspecified atom stereocenters. The van der Waals surface area contributed by atoms with Crippen molar-refractivity contribution in [3.8, 4) is 0 Å². The first kappa shape index (κ1) is 15.1. The largest absolute Gasteiger partial charge is 0.354 e. The van der Waals surface area contributed by atoms with Gasteiger partial charge >= 0.3 is 11.8 Å². The fraction of sp³-hybridized carbons (Fsp3) is 0.417. The molecule has 19 heavy (non-hydrogen) atoms. The highest BCUT2D eigenvalue weighted by Gasteiger charge is 2.15. The van der Waals surface area contributed by atoms with E-state index in [0.717, 1.165) is 0 Å². The third-order valence-electron chi connectivity index (χ3n) is 2.32. The molecule has 0 spiro atoms. The summed E-state index contributed by atoms with van der Waals surface area (Å²) in [5.74, 6) is -1.47. The Hall–Kier alpha value is -1.99. The Balaban J connectivity index is 2.31. The van der Waals surface area contributed by atoms with Crippen molar-refractivity contribution in [1.29, 1.82) is 0 Å². The Morgan fingerprint density at radius 2 is 1.89 bits per heavy atom. The van der Waals surface area contributed by atoms with Gasteiger partial charge in [-0.1, -0.05) is 6.07 Å². The highest BCUT2D eigenvalue weighted by Crippen LogP contribution is 1.92. The number of pyridine rings is 1. The minimum absolute atomic E-state index is 0.100. The molecule has 0 radical (unpaired) electrons. The number of rotatable bonds is 6. The van der Waals surface area contributed by atoms with Gasteiger partial charge in [0.15, 0.2) is 6.29 Å². The molecule has 0 aliphatic carbocycles. The maximum absolute atomic E-state index is 11.5. The molecule has 104 valence electrons. The molecule has 1 rings (SSSR count). The molecular weight excluding hydrogens is 250 g/mol. The van der Waals surface area contributed by atoms with E-state index in [-0.39, 0.29) is 13.1 Å². The summed E-state index contributed by atoms with van der Waals surface area (Å²) in [6, 6.07) is 5.33. The zero-order chi connectivity index (χ0) is 14.1. The molecule has 0 aromatic carbocycles. The van der Waals surface area contributed by atoms with E-state index in [1.807, 2.05) is 0 Å². The van der Waals surface area contributed by atoms with Gasteiger partial charge in [-0.15, -0.1) is 0 Å². The summed E-state index contributed by atoms with van der Waals surface area (Å²) in [4.78, 5) is 26.9. The molecule has 0 bridgehead atoms. The second-order valence-corrected chi connectivity index (χ2v) is 3.61. The van der Waals surface area contributed by atoms with Crippen molar-refractivity contribution < 1.29 is 19.1 Å². The summed E-state index contributed by atoms with van der Waals surface area (Å²) in [5.41, 5.74) is 0.676. The minimum atomic E-state index is -0.741. The molecular formula is C12H17N3O4. The monoisotopic (exact) mass is 267 g/mol. The number of carbonyl (C=O) groups excluding carboxylic acids is 2. The van der Waals surface area contributed by atoms with Crippen LogP contribution >= 0.6 is 0 Å². The predicted octanol–water partition coefficient (Wildman–Crippen LogP) is -0.567. The summed E-state index contributed by atoms with van der Waals surface area (Å²) < 4.78 is 9.76. The predicted molar refractivity (Wildman–Crippen MR) is 66.9 cm³/mol. The first-order valence-corrected chi connectivity index (χ1v) is 5.69. The van der Waals surface area contributed by atoms with Gasteiger partial charge in [0.25, 0.3) is 0 Å². The lowest BCUT2D eigenvalue weighted by Crippen LogP contribution is -2.43. The van der Waals surface area contributed by atoms with Crippen LogP contribution in [0.2, 0.25) is 0 Å². The molecule has 1 aromatic heterocycles. The van der Waals surface area contributed by atoms with Crippen LogP contribution in [0.5, 0.6) is 0 Å². The van der Waals surface area contributed by atoms with Gasteiger partial charge in [-0.05, 0) is 12.1 Å². The van der Waals surface area contributed by atoms with Gasteiger partial charge in [-0.3, -0.25) is 14.6 Å². The average molecular weight is 267 g/mol. The lowest BCUT2D eigenvalue weighted by atomic mass is 10.3. The summed E-state index contributed by atoms with van der Waals surface area (Å²) in [6.45, 7) is 0.300. The Bertz CT molecular complexity index is 407. The standard InChI is InChI=1S/C12H17N3O4/c1-18-10(19-2)8-15-12(17)11(16)14-7-9-5-3-4-6-13-9/h3-6,10H,7-8H2,1-2H3,(H,14,16)(H,15,17). The van der Waals surface area contributed by atoms with Gasteiger partial charge < -0.3 is 20.1 Å².